The number of thioether (sulfide) groups is 1. The summed E-state index contributed by atoms with van der Waals surface area (Å²) in [5, 5.41) is 12.0. The van der Waals surface area contributed by atoms with Crippen molar-refractivity contribution in [3.05, 3.63) is 150 Å². The Morgan fingerprint density at radius 2 is 1.84 bits per heavy atom. The lowest BCUT2D eigenvalue weighted by atomic mass is 9.89. The largest absolute Gasteiger partial charge is 0.475 e. The molecule has 0 aliphatic carbocycles. The molecule has 0 N–H and O–H groups in total. The van der Waals surface area contributed by atoms with Crippen LogP contribution in [-0.2, 0) is 51.1 Å². The maximum atomic E-state index is 15.9. The van der Waals surface area contributed by atoms with Gasteiger partial charge in [-0.2, -0.15) is 10.4 Å². The van der Waals surface area contributed by atoms with Crippen molar-refractivity contribution in [1.29, 1.82) is 5.26 Å². The fraction of sp³-hybridized carbons (Fsp3) is 0.282. The number of hydrogen-bond donors (Lipinski definition) is 0. The minimum Gasteiger partial charge on any atom is -0.471 e. The summed E-state index contributed by atoms with van der Waals surface area (Å²) in [5.41, 5.74) is -1.56. The van der Waals surface area contributed by atoms with Crippen LogP contribution >= 0.6 is 19.6 Å². The summed E-state index contributed by atoms with van der Waals surface area (Å²) in [6.07, 6.45) is 13.3. The average molecular weight is 827 g/mol. The molecule has 0 amide bonds. The van der Waals surface area contributed by atoms with E-state index in [0.29, 0.717) is 11.6 Å². The summed E-state index contributed by atoms with van der Waals surface area (Å²) in [7, 11) is -4.15. The maximum Gasteiger partial charge on any atom is 0.475 e. The lowest BCUT2D eigenvalue weighted by Crippen LogP contribution is -2.47. The molecule has 2 atom stereocenters. The summed E-state index contributed by atoms with van der Waals surface area (Å²) in [4.78, 5) is 18.1. The monoisotopic (exact) mass is 826 g/mol. The standard InChI is InChI=1S/C39H38F3N4O9PS/c1-4-14-52-56(48,53-15-5-2)54-20-30-19-49-23-33(30)38(47)55-39(24-46-26-44-25-45-46,34-13-12-31(40)17-36(34)42)27(3)57-32-21-50-37(51-22-32)9-7-6-8-29-11-10-28(18-43)16-35(29)41/h4-13,16-17,19,23,25-27,32,37H,1-2,14-15,20-22,24H2,3H3/b8-6+,9-7+/t27-,32?,37?,39-/m1/s1. The van der Waals surface area contributed by atoms with Crippen molar-refractivity contribution < 1.29 is 54.7 Å². The molecule has 3 heterocycles. The van der Waals surface area contributed by atoms with Crippen molar-refractivity contribution in [3.63, 3.8) is 0 Å². The fourth-order valence-corrected chi connectivity index (χ4v) is 7.97. The first kappa shape index (κ1) is 43.1. The van der Waals surface area contributed by atoms with E-state index in [-0.39, 0.29) is 60.5 Å². The molecule has 1 aliphatic heterocycles. The van der Waals surface area contributed by atoms with Crippen molar-refractivity contribution in [3.8, 4) is 6.07 Å². The molecule has 4 aromatic rings. The number of nitrogens with zero attached hydrogens (tertiary/aromatic N) is 4. The van der Waals surface area contributed by atoms with E-state index in [1.807, 2.05) is 6.07 Å². The zero-order valence-electron chi connectivity index (χ0n) is 30.6. The topological polar surface area (TPSA) is 157 Å². The third kappa shape index (κ3) is 11.5. The van der Waals surface area contributed by atoms with Gasteiger partial charge in [0.15, 0.2) is 11.9 Å². The van der Waals surface area contributed by atoms with Gasteiger partial charge in [0.25, 0.3) is 0 Å². The third-order valence-electron chi connectivity index (χ3n) is 8.30. The number of carbonyl (C=O) groups is 1. The predicted octanol–water partition coefficient (Wildman–Crippen LogP) is 8.08. The normalized spacial score (nSPS) is 17.6. The number of halogens is 3. The van der Waals surface area contributed by atoms with Crippen molar-refractivity contribution >= 4 is 31.6 Å². The van der Waals surface area contributed by atoms with E-state index in [0.717, 1.165) is 18.4 Å². The lowest BCUT2D eigenvalue weighted by molar-refractivity contribution is -0.146. The molecule has 1 saturated heterocycles. The van der Waals surface area contributed by atoms with Gasteiger partial charge in [-0.25, -0.2) is 32.2 Å². The first-order valence-electron chi connectivity index (χ1n) is 17.2. The summed E-state index contributed by atoms with van der Waals surface area (Å²) >= 11 is 1.28. The number of rotatable bonds is 20. The van der Waals surface area contributed by atoms with Crippen LogP contribution in [0.2, 0.25) is 0 Å². The van der Waals surface area contributed by atoms with Gasteiger partial charge in [-0.3, -0.25) is 13.6 Å². The van der Waals surface area contributed by atoms with Gasteiger partial charge in [0.2, 0.25) is 0 Å². The van der Waals surface area contributed by atoms with Gasteiger partial charge >= 0.3 is 13.8 Å². The molecular weight excluding hydrogens is 788 g/mol. The SMILES string of the molecule is C=CCOP(=O)(OCC=C)OCc1cocc1C(=O)O[C@@](Cn1cncn1)(c1ccc(F)cc1F)[C@@H](C)SC1COC(/C=C/C=C/c2ccc(C#N)cc2F)OC1. The number of ether oxygens (including phenoxy) is 3. The quantitative estimate of drug-likeness (QED) is 0.0365. The lowest BCUT2D eigenvalue weighted by Gasteiger charge is -2.40. The van der Waals surface area contributed by atoms with Gasteiger partial charge in [-0.15, -0.1) is 24.9 Å². The zero-order valence-corrected chi connectivity index (χ0v) is 32.3. The second kappa shape index (κ2) is 20.4. The van der Waals surface area contributed by atoms with Gasteiger partial charge in [-0.1, -0.05) is 36.4 Å². The number of nitriles is 1. The van der Waals surface area contributed by atoms with E-state index in [4.69, 9.17) is 37.5 Å². The van der Waals surface area contributed by atoms with Gasteiger partial charge in [0.05, 0.1) is 62.7 Å². The molecule has 0 saturated carbocycles. The van der Waals surface area contributed by atoms with Crippen LogP contribution in [0.5, 0.6) is 0 Å². The highest BCUT2D eigenvalue weighted by Gasteiger charge is 2.47. The molecule has 1 aliphatic rings. The van der Waals surface area contributed by atoms with Gasteiger partial charge in [-0.05, 0) is 37.3 Å². The minimum atomic E-state index is -4.15. The average Bonchev–Trinajstić information content (AvgIpc) is 3.91. The summed E-state index contributed by atoms with van der Waals surface area (Å²) in [6.45, 7) is 8.03. The van der Waals surface area contributed by atoms with Gasteiger partial charge in [0.1, 0.15) is 41.9 Å². The van der Waals surface area contributed by atoms with E-state index in [2.05, 4.69) is 23.2 Å². The van der Waals surface area contributed by atoms with Crippen molar-refractivity contribution in [2.45, 2.75) is 42.5 Å². The minimum absolute atomic E-state index is 0.101. The molecular formula is C39H38F3N4O9PS. The highest BCUT2D eigenvalue weighted by molar-refractivity contribution is 8.00. The highest BCUT2D eigenvalue weighted by atomic mass is 32.2. The number of hydrogen-bond acceptors (Lipinski definition) is 13. The summed E-state index contributed by atoms with van der Waals surface area (Å²) in [5.74, 6) is -3.35. The van der Waals surface area contributed by atoms with E-state index in [9.17, 15) is 18.1 Å². The Kier molecular flexibility index (Phi) is 15.4. The van der Waals surface area contributed by atoms with E-state index in [1.54, 1.807) is 25.2 Å². The number of benzene rings is 2. The Bertz CT molecular complexity index is 2140. The molecule has 0 bridgehead atoms. The number of aromatic nitrogens is 3. The maximum absolute atomic E-state index is 15.9. The van der Waals surface area contributed by atoms with E-state index < -0.39 is 55.0 Å². The zero-order chi connectivity index (χ0) is 40.8. The Labute approximate surface area is 331 Å². The molecule has 18 heteroatoms. The van der Waals surface area contributed by atoms with Crippen LogP contribution in [0.15, 0.2) is 110 Å². The highest BCUT2D eigenvalue weighted by Crippen LogP contribution is 2.50. The molecule has 300 valence electrons. The number of phosphoric acid groups is 1. The summed E-state index contributed by atoms with van der Waals surface area (Å²) < 4.78 is 98.3. The molecule has 2 aromatic heterocycles. The van der Waals surface area contributed by atoms with Crippen LogP contribution in [0.25, 0.3) is 6.08 Å². The number of phosphoric ester groups is 1. The molecule has 0 unspecified atom stereocenters. The van der Waals surface area contributed by atoms with E-state index in [1.165, 1.54) is 71.8 Å². The van der Waals surface area contributed by atoms with Crippen molar-refractivity contribution in [1.82, 2.24) is 14.8 Å². The smallest absolute Gasteiger partial charge is 0.471 e. The van der Waals surface area contributed by atoms with E-state index >= 15 is 4.39 Å². The van der Waals surface area contributed by atoms with Crippen LogP contribution < -0.4 is 0 Å². The third-order valence-corrected chi connectivity index (χ3v) is 11.1. The number of esters is 1. The predicted molar refractivity (Wildman–Crippen MR) is 203 cm³/mol. The van der Waals surface area contributed by atoms with Gasteiger partial charge in [0, 0.05) is 28.0 Å². The number of allylic oxidation sites excluding steroid dienone is 2. The number of furan rings is 1. The molecule has 2 aromatic carbocycles. The number of carbonyl (C=O) groups excluding carboxylic acids is 1. The van der Waals surface area contributed by atoms with Crippen LogP contribution in [0.3, 0.4) is 0 Å². The molecule has 1 fully saturated rings. The van der Waals surface area contributed by atoms with Crippen molar-refractivity contribution in [2.24, 2.45) is 0 Å². The Morgan fingerprint density at radius 3 is 2.49 bits per heavy atom. The Morgan fingerprint density at radius 1 is 1.09 bits per heavy atom. The summed E-state index contributed by atoms with van der Waals surface area (Å²) in [6, 6.07) is 8.98. The molecule has 0 radical (unpaired) electrons. The molecule has 5 rings (SSSR count). The second-order valence-electron chi connectivity index (χ2n) is 12.2. The molecule has 57 heavy (non-hydrogen) atoms. The first-order valence-corrected chi connectivity index (χ1v) is 19.6. The first-order chi connectivity index (χ1) is 27.5. The van der Waals surface area contributed by atoms with Crippen LogP contribution in [0, 0.1) is 28.8 Å². The van der Waals surface area contributed by atoms with Gasteiger partial charge < -0.3 is 18.6 Å². The molecule has 13 nitrogen and oxygen atoms in total. The van der Waals surface area contributed by atoms with Crippen LogP contribution in [0.1, 0.15) is 39.5 Å². The van der Waals surface area contributed by atoms with Crippen LogP contribution in [0.4, 0.5) is 13.2 Å². The van der Waals surface area contributed by atoms with Crippen molar-refractivity contribution in [2.75, 3.05) is 26.4 Å². The Hall–Kier alpha value is -5.05. The molecule has 0 spiro atoms. The Balaban J connectivity index is 1.36. The van der Waals surface area contributed by atoms with Crippen LogP contribution in [-0.4, -0.2) is 64.0 Å². The second-order valence-corrected chi connectivity index (χ2v) is 15.5. The fourth-order valence-electron chi connectivity index (χ4n) is 5.51.